The van der Waals surface area contributed by atoms with Crippen molar-refractivity contribution in [3.05, 3.63) is 63.2 Å². The van der Waals surface area contributed by atoms with E-state index in [0.717, 1.165) is 33.0 Å². The Labute approximate surface area is 172 Å². The van der Waals surface area contributed by atoms with Gasteiger partial charge in [-0.3, -0.25) is 4.79 Å². The van der Waals surface area contributed by atoms with Crippen molar-refractivity contribution < 1.29 is 9.90 Å². The predicted molar refractivity (Wildman–Crippen MR) is 117 cm³/mol. The van der Waals surface area contributed by atoms with Crippen molar-refractivity contribution in [3.63, 3.8) is 0 Å². The molecule has 0 saturated heterocycles. The summed E-state index contributed by atoms with van der Waals surface area (Å²) in [6, 6.07) is 10.4. The fourth-order valence-corrected chi connectivity index (χ4v) is 3.38. The third kappa shape index (κ3) is 5.59. The van der Waals surface area contributed by atoms with Gasteiger partial charge in [-0.05, 0) is 74.1 Å². The monoisotopic (exact) mass is 400 g/mol. The molecule has 0 amide bonds. The summed E-state index contributed by atoms with van der Waals surface area (Å²) >= 11 is 6.28. The molecule has 2 rings (SSSR count). The number of nitrogens with one attached hydrogen (secondary N) is 2. The summed E-state index contributed by atoms with van der Waals surface area (Å²) in [5.74, 6) is -1.40. The molecule has 0 aliphatic rings. The number of anilines is 1. The summed E-state index contributed by atoms with van der Waals surface area (Å²) in [7, 11) is 0. The summed E-state index contributed by atoms with van der Waals surface area (Å²) in [6.07, 6.45) is 0.735. The summed E-state index contributed by atoms with van der Waals surface area (Å²) in [4.78, 5) is 11.0. The molecule has 4 nitrogen and oxygen atoms in total. The van der Waals surface area contributed by atoms with Gasteiger partial charge in [0.15, 0.2) is 0 Å². The van der Waals surface area contributed by atoms with Crippen LogP contribution in [-0.2, 0) is 11.2 Å². The number of aryl methyl sites for hydroxylation is 3. The number of carboxylic acid groups (broad SMARTS) is 1. The highest BCUT2D eigenvalue weighted by Crippen LogP contribution is 2.28. The molecule has 3 N–H and O–H groups in total. The van der Waals surface area contributed by atoms with Crippen molar-refractivity contribution in [2.45, 2.75) is 53.5 Å². The highest BCUT2D eigenvalue weighted by atomic mass is 35.5. The molecule has 2 atom stereocenters. The highest BCUT2D eigenvalue weighted by molar-refractivity contribution is 6.32. The van der Waals surface area contributed by atoms with Crippen LogP contribution in [0.2, 0.25) is 5.02 Å². The molecule has 0 radical (unpaired) electrons. The molecule has 0 aromatic heterocycles. The molecule has 0 aliphatic carbocycles. The molecule has 150 valence electrons. The van der Waals surface area contributed by atoms with Gasteiger partial charge >= 0.3 is 5.97 Å². The van der Waals surface area contributed by atoms with Crippen molar-refractivity contribution in [2.24, 2.45) is 5.92 Å². The Morgan fingerprint density at radius 1 is 1.11 bits per heavy atom. The molecule has 2 aromatic rings. The first-order valence-corrected chi connectivity index (χ1v) is 9.88. The third-order valence-corrected chi connectivity index (χ3v) is 5.67. The van der Waals surface area contributed by atoms with Crippen LogP contribution in [0.25, 0.3) is 0 Å². The Hall–Kier alpha value is -2.33. The number of aliphatic carboxylic acids is 1. The van der Waals surface area contributed by atoms with E-state index >= 15 is 0 Å². The lowest BCUT2D eigenvalue weighted by Gasteiger charge is -2.19. The molecule has 28 heavy (non-hydrogen) atoms. The van der Waals surface area contributed by atoms with Gasteiger partial charge in [0.05, 0.1) is 5.92 Å². The fraction of sp³-hybridized carbons (Fsp3) is 0.391. The molecule has 0 heterocycles. The van der Waals surface area contributed by atoms with E-state index in [1.165, 1.54) is 5.56 Å². The van der Waals surface area contributed by atoms with E-state index in [0.29, 0.717) is 12.1 Å². The maximum absolute atomic E-state index is 11.0. The van der Waals surface area contributed by atoms with E-state index in [2.05, 4.69) is 30.4 Å². The first kappa shape index (κ1) is 22.0. The minimum absolute atomic E-state index is 0.108. The van der Waals surface area contributed by atoms with E-state index in [4.69, 9.17) is 22.1 Å². The fourth-order valence-electron chi connectivity index (χ4n) is 3.27. The Kier molecular flexibility index (Phi) is 7.25. The van der Waals surface area contributed by atoms with Crippen molar-refractivity contribution in [1.82, 2.24) is 0 Å². The average molecular weight is 401 g/mol. The van der Waals surface area contributed by atoms with Gasteiger partial charge < -0.3 is 15.8 Å². The van der Waals surface area contributed by atoms with Gasteiger partial charge in [0, 0.05) is 28.9 Å². The molecule has 0 spiro atoms. The van der Waals surface area contributed by atoms with E-state index in [1.54, 1.807) is 6.92 Å². The molecule has 5 heteroatoms. The Morgan fingerprint density at radius 2 is 1.71 bits per heavy atom. The smallest absolute Gasteiger partial charge is 0.306 e. The van der Waals surface area contributed by atoms with E-state index < -0.39 is 11.9 Å². The summed E-state index contributed by atoms with van der Waals surface area (Å²) in [5.41, 5.74) is 6.87. The highest BCUT2D eigenvalue weighted by Gasteiger charge is 2.15. The van der Waals surface area contributed by atoms with Gasteiger partial charge in [-0.15, -0.1) is 0 Å². The summed E-state index contributed by atoms with van der Waals surface area (Å²) in [6.45, 7) is 9.79. The molecular weight excluding hydrogens is 372 g/mol. The molecule has 2 aromatic carbocycles. The lowest BCUT2D eigenvalue weighted by atomic mass is 9.96. The standard InChI is InChI=1S/C23H29ClN2O2/c1-13-6-7-21(12-18(13)11-20(25)10-16(4)23(27)28)26-17(5)19-8-14(2)22(24)15(3)9-19/h6-9,12,16-17,25-26H,10-11H2,1-5H3,(H,27,28)/t16-,17-/m1/s1. The van der Waals surface area contributed by atoms with Crippen LogP contribution in [0, 0.1) is 32.1 Å². The van der Waals surface area contributed by atoms with E-state index in [9.17, 15) is 4.79 Å². The van der Waals surface area contributed by atoms with Crippen LogP contribution < -0.4 is 5.32 Å². The molecular formula is C23H29ClN2O2. The Morgan fingerprint density at radius 3 is 2.29 bits per heavy atom. The topological polar surface area (TPSA) is 73.2 Å². The molecule has 0 saturated carbocycles. The zero-order valence-electron chi connectivity index (χ0n) is 17.2. The zero-order valence-corrected chi connectivity index (χ0v) is 17.9. The van der Waals surface area contributed by atoms with Gasteiger partial charge in [0.2, 0.25) is 0 Å². The van der Waals surface area contributed by atoms with Crippen LogP contribution in [-0.4, -0.2) is 16.8 Å². The molecule has 0 unspecified atom stereocenters. The second-order valence-corrected chi connectivity index (χ2v) is 8.08. The van der Waals surface area contributed by atoms with Crippen LogP contribution in [0.4, 0.5) is 5.69 Å². The quantitative estimate of drug-likeness (QED) is 0.468. The van der Waals surface area contributed by atoms with E-state index in [1.807, 2.05) is 32.9 Å². The molecule has 0 aliphatic heterocycles. The lowest BCUT2D eigenvalue weighted by Crippen LogP contribution is -2.16. The van der Waals surface area contributed by atoms with Gasteiger partial charge in [-0.2, -0.15) is 0 Å². The Balaban J connectivity index is 2.14. The van der Waals surface area contributed by atoms with Gasteiger partial charge in [0.1, 0.15) is 0 Å². The van der Waals surface area contributed by atoms with Crippen LogP contribution in [0.15, 0.2) is 30.3 Å². The van der Waals surface area contributed by atoms with Crippen molar-refractivity contribution in [2.75, 3.05) is 5.32 Å². The largest absolute Gasteiger partial charge is 0.481 e. The summed E-state index contributed by atoms with van der Waals surface area (Å²) in [5, 5.41) is 21.5. The van der Waals surface area contributed by atoms with Crippen LogP contribution >= 0.6 is 11.6 Å². The van der Waals surface area contributed by atoms with Crippen molar-refractivity contribution in [3.8, 4) is 0 Å². The maximum Gasteiger partial charge on any atom is 0.306 e. The average Bonchev–Trinajstić information content (AvgIpc) is 2.61. The molecule has 0 fully saturated rings. The first-order valence-electron chi connectivity index (χ1n) is 9.50. The van der Waals surface area contributed by atoms with Crippen molar-refractivity contribution in [1.29, 1.82) is 5.41 Å². The van der Waals surface area contributed by atoms with E-state index in [-0.39, 0.29) is 12.5 Å². The number of benzene rings is 2. The second-order valence-electron chi connectivity index (χ2n) is 7.70. The lowest BCUT2D eigenvalue weighted by molar-refractivity contribution is -0.140. The minimum Gasteiger partial charge on any atom is -0.481 e. The van der Waals surface area contributed by atoms with Crippen molar-refractivity contribution >= 4 is 29.0 Å². The van der Waals surface area contributed by atoms with Crippen LogP contribution in [0.5, 0.6) is 0 Å². The number of carboxylic acids is 1. The minimum atomic E-state index is -0.862. The van der Waals surface area contributed by atoms with Crippen LogP contribution in [0.1, 0.15) is 54.1 Å². The molecule has 0 bridgehead atoms. The second kappa shape index (κ2) is 9.24. The number of hydrogen-bond acceptors (Lipinski definition) is 3. The normalized spacial score (nSPS) is 13.1. The van der Waals surface area contributed by atoms with Gasteiger partial charge in [-0.25, -0.2) is 0 Å². The van der Waals surface area contributed by atoms with Gasteiger partial charge in [-0.1, -0.05) is 36.7 Å². The number of hydrogen-bond donors (Lipinski definition) is 3. The van der Waals surface area contributed by atoms with Crippen LogP contribution in [0.3, 0.4) is 0 Å². The summed E-state index contributed by atoms with van der Waals surface area (Å²) < 4.78 is 0. The predicted octanol–water partition coefficient (Wildman–Crippen LogP) is 6.11. The third-order valence-electron chi connectivity index (χ3n) is 5.07. The van der Waals surface area contributed by atoms with Gasteiger partial charge in [0.25, 0.3) is 0 Å². The SMILES string of the molecule is Cc1ccc(N[C@H](C)c2cc(C)c(Cl)c(C)c2)cc1CC(=N)C[C@@H](C)C(=O)O. The Bertz CT molecular complexity index is 869. The number of rotatable bonds is 8. The number of halogens is 1. The number of carbonyl (C=O) groups is 1. The maximum atomic E-state index is 11.0. The first-order chi connectivity index (χ1) is 13.1. The zero-order chi connectivity index (χ0) is 21.0.